The molecular formula is C32H42N2O7. The minimum absolute atomic E-state index is 0.0453. The Morgan fingerprint density at radius 2 is 1.68 bits per heavy atom. The van der Waals surface area contributed by atoms with Crippen LogP contribution in [0.4, 0.5) is 10.5 Å². The molecule has 7 atom stereocenters. The van der Waals surface area contributed by atoms with Gasteiger partial charge in [0.15, 0.2) is 0 Å². The molecule has 0 aromatic heterocycles. The van der Waals surface area contributed by atoms with Crippen LogP contribution in [0.3, 0.4) is 0 Å². The molecule has 3 fully saturated rings. The standard InChI is InChI=1S/C32H42N2O7/c1-31-16-14-28(41-30(39)33-21-8-10-24(11-9-21)40-23-6-4-3-5-7-23)32(2,20-35)27(31)13-12-26(37)25(31)18-29(38)34-17-15-22(36)19-34/h3-11,22,25-28,35-37H,12-20H2,1-2H3,(H,33,39)/t22-,25-,26-,27?,28-,31+,32+/m1/s1. The lowest BCUT2D eigenvalue weighted by Crippen LogP contribution is -2.61. The second kappa shape index (κ2) is 12.0. The third-order valence-electron chi connectivity index (χ3n) is 9.92. The summed E-state index contributed by atoms with van der Waals surface area (Å²) in [6.07, 6.45) is 0.929. The van der Waals surface area contributed by atoms with E-state index in [2.05, 4.69) is 12.2 Å². The molecule has 41 heavy (non-hydrogen) atoms. The first-order chi connectivity index (χ1) is 19.6. The minimum atomic E-state index is -0.733. The van der Waals surface area contributed by atoms with Gasteiger partial charge in [-0.1, -0.05) is 32.0 Å². The highest BCUT2D eigenvalue weighted by Crippen LogP contribution is 2.61. The van der Waals surface area contributed by atoms with Gasteiger partial charge in [0.25, 0.3) is 0 Å². The van der Waals surface area contributed by atoms with Gasteiger partial charge in [-0.2, -0.15) is 0 Å². The van der Waals surface area contributed by atoms with Crippen molar-refractivity contribution in [1.82, 2.24) is 4.90 Å². The third-order valence-corrected chi connectivity index (χ3v) is 9.92. The molecule has 0 spiro atoms. The van der Waals surface area contributed by atoms with Crippen molar-refractivity contribution >= 4 is 17.7 Å². The van der Waals surface area contributed by atoms with Crippen LogP contribution >= 0.6 is 0 Å². The topological polar surface area (TPSA) is 129 Å². The number of ether oxygens (including phenoxy) is 2. The number of β-amino-alcohol motifs (C(OH)–C–C–N with tert-alkyl or cyclic N) is 1. The number of anilines is 1. The van der Waals surface area contributed by atoms with Crippen LogP contribution in [0.15, 0.2) is 54.6 Å². The third kappa shape index (κ3) is 6.08. The fourth-order valence-corrected chi connectivity index (χ4v) is 7.57. The lowest BCUT2D eigenvalue weighted by atomic mass is 9.46. The van der Waals surface area contributed by atoms with E-state index >= 15 is 0 Å². The van der Waals surface area contributed by atoms with E-state index in [4.69, 9.17) is 9.47 Å². The Balaban J connectivity index is 1.23. The summed E-state index contributed by atoms with van der Waals surface area (Å²) < 4.78 is 11.8. The molecule has 5 rings (SSSR count). The molecule has 9 nitrogen and oxygen atoms in total. The fourth-order valence-electron chi connectivity index (χ4n) is 7.57. The van der Waals surface area contributed by atoms with Crippen LogP contribution in [0.5, 0.6) is 11.5 Å². The average Bonchev–Trinajstić information content (AvgIpc) is 3.40. The van der Waals surface area contributed by atoms with Gasteiger partial charge in [-0.25, -0.2) is 4.79 Å². The molecule has 2 aromatic carbocycles. The summed E-state index contributed by atoms with van der Waals surface area (Å²) in [4.78, 5) is 27.8. The van der Waals surface area contributed by atoms with Crippen LogP contribution in [-0.4, -0.2) is 70.2 Å². The number of benzene rings is 2. The molecule has 2 amide bonds. The number of likely N-dealkylation sites (tertiary alicyclic amines) is 1. The number of aliphatic hydroxyl groups excluding tert-OH is 3. The minimum Gasteiger partial charge on any atom is -0.457 e. The molecule has 1 saturated heterocycles. The number of carbonyl (C=O) groups excluding carboxylic acids is 2. The molecule has 2 aromatic rings. The van der Waals surface area contributed by atoms with E-state index in [0.717, 1.165) is 5.75 Å². The van der Waals surface area contributed by atoms with Gasteiger partial charge in [0.2, 0.25) is 5.91 Å². The number of aliphatic hydroxyl groups is 3. The molecule has 222 valence electrons. The van der Waals surface area contributed by atoms with Crippen LogP contribution in [0.2, 0.25) is 0 Å². The lowest BCUT2D eigenvalue weighted by Gasteiger charge is -2.60. The Hall–Kier alpha value is -3.14. The normalized spacial score (nSPS) is 33.1. The number of fused-ring (bicyclic) bond motifs is 1. The Kier molecular flexibility index (Phi) is 8.59. The average molecular weight is 567 g/mol. The summed E-state index contributed by atoms with van der Waals surface area (Å²) in [5.74, 6) is 0.992. The first-order valence-corrected chi connectivity index (χ1v) is 14.7. The zero-order valence-corrected chi connectivity index (χ0v) is 23.9. The number of nitrogens with one attached hydrogen (secondary N) is 1. The Morgan fingerprint density at radius 3 is 2.34 bits per heavy atom. The summed E-state index contributed by atoms with van der Waals surface area (Å²) in [6.45, 7) is 4.76. The van der Waals surface area contributed by atoms with E-state index in [1.165, 1.54) is 0 Å². The molecule has 2 saturated carbocycles. The number of hydrogen-bond donors (Lipinski definition) is 4. The SMILES string of the molecule is C[C@]1(CO)C2CC[C@@H](O)[C@@H](CC(=O)N3CC[C@@H](O)C3)[C@]2(C)CC[C@H]1OC(=O)Nc1ccc(Oc2ccccc2)cc1. The summed E-state index contributed by atoms with van der Waals surface area (Å²) in [5, 5.41) is 34.4. The molecule has 0 radical (unpaired) electrons. The van der Waals surface area contributed by atoms with Gasteiger partial charge in [-0.05, 0) is 85.8 Å². The van der Waals surface area contributed by atoms with Gasteiger partial charge in [-0.3, -0.25) is 10.1 Å². The van der Waals surface area contributed by atoms with Gasteiger partial charge in [0, 0.05) is 30.6 Å². The van der Waals surface area contributed by atoms with Crippen molar-refractivity contribution in [2.75, 3.05) is 25.0 Å². The summed E-state index contributed by atoms with van der Waals surface area (Å²) in [6, 6.07) is 16.5. The van der Waals surface area contributed by atoms with Crippen LogP contribution in [0.1, 0.15) is 52.4 Å². The Labute approximate surface area is 241 Å². The molecule has 9 heteroatoms. The quantitative estimate of drug-likeness (QED) is 0.387. The molecule has 2 aliphatic carbocycles. The number of amides is 2. The molecule has 1 aliphatic heterocycles. The highest BCUT2D eigenvalue weighted by molar-refractivity contribution is 5.84. The van der Waals surface area contributed by atoms with E-state index in [-0.39, 0.29) is 30.8 Å². The van der Waals surface area contributed by atoms with Crippen molar-refractivity contribution < 1.29 is 34.4 Å². The van der Waals surface area contributed by atoms with E-state index in [1.54, 1.807) is 29.2 Å². The largest absolute Gasteiger partial charge is 0.457 e. The van der Waals surface area contributed by atoms with Crippen LogP contribution in [0.25, 0.3) is 0 Å². The summed E-state index contributed by atoms with van der Waals surface area (Å²) in [7, 11) is 0. The maximum Gasteiger partial charge on any atom is 0.411 e. The van der Waals surface area contributed by atoms with Crippen molar-refractivity contribution in [2.24, 2.45) is 22.7 Å². The Morgan fingerprint density at radius 1 is 0.976 bits per heavy atom. The second-order valence-corrected chi connectivity index (χ2v) is 12.5. The van der Waals surface area contributed by atoms with Crippen molar-refractivity contribution in [3.8, 4) is 11.5 Å². The smallest absolute Gasteiger partial charge is 0.411 e. The number of carbonyl (C=O) groups is 2. The first kappa shape index (κ1) is 29.4. The van der Waals surface area contributed by atoms with Crippen molar-refractivity contribution in [2.45, 2.75) is 70.7 Å². The highest BCUT2D eigenvalue weighted by atomic mass is 16.6. The molecule has 0 bridgehead atoms. The van der Waals surface area contributed by atoms with E-state index in [1.807, 2.05) is 37.3 Å². The van der Waals surface area contributed by atoms with Gasteiger partial charge in [0.1, 0.15) is 17.6 Å². The van der Waals surface area contributed by atoms with Gasteiger partial charge >= 0.3 is 6.09 Å². The van der Waals surface area contributed by atoms with E-state index in [9.17, 15) is 24.9 Å². The lowest BCUT2D eigenvalue weighted by molar-refractivity contribution is -0.186. The second-order valence-electron chi connectivity index (χ2n) is 12.5. The number of rotatable bonds is 7. The summed E-state index contributed by atoms with van der Waals surface area (Å²) in [5.41, 5.74) is -0.579. The van der Waals surface area contributed by atoms with E-state index < -0.39 is 35.2 Å². The van der Waals surface area contributed by atoms with Gasteiger partial charge in [-0.15, -0.1) is 0 Å². The molecule has 4 N–H and O–H groups in total. The van der Waals surface area contributed by atoms with Crippen LogP contribution < -0.4 is 10.1 Å². The number of nitrogens with zero attached hydrogens (tertiary/aromatic N) is 1. The molecular weight excluding hydrogens is 524 g/mol. The van der Waals surface area contributed by atoms with Crippen molar-refractivity contribution in [1.29, 1.82) is 0 Å². The van der Waals surface area contributed by atoms with E-state index in [0.29, 0.717) is 56.6 Å². The van der Waals surface area contributed by atoms with Crippen LogP contribution in [-0.2, 0) is 9.53 Å². The Bertz CT molecular complexity index is 1210. The van der Waals surface area contributed by atoms with Crippen molar-refractivity contribution in [3.63, 3.8) is 0 Å². The zero-order chi connectivity index (χ0) is 29.2. The summed E-state index contributed by atoms with van der Waals surface area (Å²) >= 11 is 0. The maximum atomic E-state index is 13.1. The fraction of sp³-hybridized carbons (Fsp3) is 0.562. The monoisotopic (exact) mass is 566 g/mol. The zero-order valence-electron chi connectivity index (χ0n) is 23.9. The molecule has 1 heterocycles. The molecule has 3 aliphatic rings. The van der Waals surface area contributed by atoms with Gasteiger partial charge in [0.05, 0.1) is 18.8 Å². The number of hydrogen-bond acceptors (Lipinski definition) is 7. The predicted molar refractivity (Wildman–Crippen MR) is 153 cm³/mol. The number of para-hydroxylation sites is 1. The maximum absolute atomic E-state index is 13.1. The highest BCUT2D eigenvalue weighted by Gasteiger charge is 2.60. The van der Waals surface area contributed by atoms with Crippen molar-refractivity contribution in [3.05, 3.63) is 54.6 Å². The predicted octanol–water partition coefficient (Wildman–Crippen LogP) is 4.57. The van der Waals surface area contributed by atoms with Gasteiger partial charge < -0.3 is 29.7 Å². The van der Waals surface area contributed by atoms with Crippen LogP contribution in [0, 0.1) is 22.7 Å². The molecule has 1 unspecified atom stereocenters. The first-order valence-electron chi connectivity index (χ1n) is 14.7.